The molecule has 6 nitrogen and oxygen atoms in total. The third-order valence-corrected chi connectivity index (χ3v) is 5.28. The van der Waals surface area contributed by atoms with Crippen LogP contribution < -0.4 is 10.1 Å². The van der Waals surface area contributed by atoms with Crippen LogP contribution in [0.1, 0.15) is 59.5 Å². The fraction of sp³-hybridized carbons (Fsp3) is 0.526. The zero-order chi connectivity index (χ0) is 17.2. The number of aromatic nitrogens is 3. The zero-order valence-electron chi connectivity index (χ0n) is 14.5. The maximum atomic E-state index is 12.5. The van der Waals surface area contributed by atoms with Gasteiger partial charge in [-0.05, 0) is 64.0 Å². The first-order valence-electron chi connectivity index (χ1n) is 9.16. The second-order valence-corrected chi connectivity index (χ2v) is 7.03. The molecule has 0 aromatic carbocycles. The topological polar surface area (TPSA) is 79.9 Å². The van der Waals surface area contributed by atoms with Crippen LogP contribution in [0, 0.1) is 6.92 Å². The molecule has 0 atom stereocenters. The number of amides is 1. The van der Waals surface area contributed by atoms with Gasteiger partial charge in [-0.25, -0.2) is 0 Å². The number of aryl methyl sites for hydroxylation is 2. The largest absolute Gasteiger partial charge is 0.489 e. The molecular weight excluding hydrogens is 316 g/mol. The molecule has 1 fully saturated rings. The highest BCUT2D eigenvalue weighted by Gasteiger charge is 2.27. The Kier molecular flexibility index (Phi) is 4.42. The van der Waals surface area contributed by atoms with E-state index in [9.17, 15) is 4.79 Å². The summed E-state index contributed by atoms with van der Waals surface area (Å²) in [6.45, 7) is 1.96. The van der Waals surface area contributed by atoms with E-state index in [0.29, 0.717) is 5.69 Å². The number of fused-ring (bicyclic) bond motifs is 1. The summed E-state index contributed by atoms with van der Waals surface area (Å²) in [5, 5.41) is 10.4. The van der Waals surface area contributed by atoms with Crippen molar-refractivity contribution in [1.82, 2.24) is 20.5 Å². The van der Waals surface area contributed by atoms with E-state index < -0.39 is 0 Å². The number of pyridine rings is 1. The standard InChI is InChI=1S/C19H24N4O2/c1-12-17(6-3-11-20-12)25-14-9-7-13(8-10-14)21-19(24)18-15-4-2-5-16(15)22-23-18/h3,6,11,13-14H,2,4-5,7-10H2,1H3,(H,21,24)(H,22,23). The summed E-state index contributed by atoms with van der Waals surface area (Å²) in [5.41, 5.74) is 3.76. The first-order chi connectivity index (χ1) is 12.2. The van der Waals surface area contributed by atoms with Crippen LogP contribution >= 0.6 is 0 Å². The lowest BCUT2D eigenvalue weighted by atomic mass is 9.92. The van der Waals surface area contributed by atoms with Crippen molar-refractivity contribution in [2.45, 2.75) is 64.0 Å². The van der Waals surface area contributed by atoms with E-state index in [-0.39, 0.29) is 18.1 Å². The number of carbonyl (C=O) groups excluding carboxylic acids is 1. The van der Waals surface area contributed by atoms with Gasteiger partial charge in [0, 0.05) is 23.5 Å². The summed E-state index contributed by atoms with van der Waals surface area (Å²) in [4.78, 5) is 16.8. The minimum absolute atomic E-state index is 0.0353. The highest BCUT2D eigenvalue weighted by Crippen LogP contribution is 2.26. The van der Waals surface area contributed by atoms with Crippen LogP contribution in [0.4, 0.5) is 0 Å². The smallest absolute Gasteiger partial charge is 0.272 e. The van der Waals surface area contributed by atoms with Gasteiger partial charge in [-0.3, -0.25) is 14.9 Å². The van der Waals surface area contributed by atoms with Crippen LogP contribution in [-0.2, 0) is 12.8 Å². The Labute approximate surface area is 147 Å². The Balaban J connectivity index is 1.30. The van der Waals surface area contributed by atoms with Crippen molar-refractivity contribution in [2.75, 3.05) is 0 Å². The van der Waals surface area contributed by atoms with Gasteiger partial charge in [-0.2, -0.15) is 5.10 Å². The Bertz CT molecular complexity index is 763. The van der Waals surface area contributed by atoms with E-state index in [2.05, 4.69) is 20.5 Å². The van der Waals surface area contributed by atoms with Crippen molar-refractivity contribution in [2.24, 2.45) is 0 Å². The Hall–Kier alpha value is -2.37. The number of nitrogens with zero attached hydrogens (tertiary/aromatic N) is 2. The molecule has 2 aromatic heterocycles. The fourth-order valence-corrected chi connectivity index (χ4v) is 3.86. The molecule has 0 aliphatic heterocycles. The number of aromatic amines is 1. The highest BCUT2D eigenvalue weighted by molar-refractivity contribution is 5.94. The molecule has 2 N–H and O–H groups in total. The molecule has 1 saturated carbocycles. The molecule has 0 bridgehead atoms. The van der Waals surface area contributed by atoms with Gasteiger partial charge in [0.05, 0.1) is 11.8 Å². The van der Waals surface area contributed by atoms with Gasteiger partial charge in [-0.15, -0.1) is 0 Å². The van der Waals surface area contributed by atoms with Crippen molar-refractivity contribution < 1.29 is 9.53 Å². The van der Waals surface area contributed by atoms with E-state index >= 15 is 0 Å². The molecular formula is C19H24N4O2. The lowest BCUT2D eigenvalue weighted by Crippen LogP contribution is -2.40. The van der Waals surface area contributed by atoms with E-state index in [1.807, 2.05) is 19.1 Å². The third kappa shape index (κ3) is 3.38. The van der Waals surface area contributed by atoms with Crippen molar-refractivity contribution in [3.8, 4) is 5.75 Å². The first-order valence-corrected chi connectivity index (χ1v) is 9.16. The summed E-state index contributed by atoms with van der Waals surface area (Å²) >= 11 is 0. The SMILES string of the molecule is Cc1ncccc1OC1CCC(NC(=O)c2n[nH]c3c2CCC3)CC1. The van der Waals surface area contributed by atoms with Crippen molar-refractivity contribution in [3.63, 3.8) is 0 Å². The molecule has 0 radical (unpaired) electrons. The molecule has 0 spiro atoms. The van der Waals surface area contributed by atoms with Crippen LogP contribution in [0.25, 0.3) is 0 Å². The Morgan fingerprint density at radius 2 is 2.12 bits per heavy atom. The van der Waals surface area contributed by atoms with E-state index in [4.69, 9.17) is 4.74 Å². The van der Waals surface area contributed by atoms with Crippen LogP contribution in [0.2, 0.25) is 0 Å². The van der Waals surface area contributed by atoms with Gasteiger partial charge in [0.25, 0.3) is 5.91 Å². The molecule has 1 amide bonds. The van der Waals surface area contributed by atoms with Gasteiger partial charge in [0.15, 0.2) is 5.69 Å². The summed E-state index contributed by atoms with van der Waals surface area (Å²) < 4.78 is 6.08. The lowest BCUT2D eigenvalue weighted by Gasteiger charge is -2.29. The second kappa shape index (κ2) is 6.86. The third-order valence-electron chi connectivity index (χ3n) is 5.28. The lowest BCUT2D eigenvalue weighted by molar-refractivity contribution is 0.0887. The number of rotatable bonds is 4. The quantitative estimate of drug-likeness (QED) is 0.897. The maximum Gasteiger partial charge on any atom is 0.272 e. The molecule has 132 valence electrons. The predicted octanol–water partition coefficient (Wildman–Crippen LogP) is 2.72. The molecule has 6 heteroatoms. The number of hydrogen-bond acceptors (Lipinski definition) is 4. The van der Waals surface area contributed by atoms with E-state index in [1.54, 1.807) is 6.20 Å². The van der Waals surface area contributed by atoms with Crippen molar-refractivity contribution >= 4 is 5.91 Å². The summed E-state index contributed by atoms with van der Waals surface area (Å²) in [6.07, 6.45) is 8.80. The van der Waals surface area contributed by atoms with Gasteiger partial charge >= 0.3 is 0 Å². The van der Waals surface area contributed by atoms with Crippen molar-refractivity contribution in [1.29, 1.82) is 0 Å². The molecule has 0 saturated heterocycles. The average molecular weight is 340 g/mol. The molecule has 2 aliphatic carbocycles. The monoisotopic (exact) mass is 340 g/mol. The molecule has 25 heavy (non-hydrogen) atoms. The van der Waals surface area contributed by atoms with Gasteiger partial charge in [0.2, 0.25) is 0 Å². The predicted molar refractivity (Wildman–Crippen MR) is 93.7 cm³/mol. The molecule has 2 aromatic rings. The number of ether oxygens (including phenoxy) is 1. The summed E-state index contributed by atoms with van der Waals surface area (Å²) in [6, 6.07) is 4.07. The van der Waals surface area contributed by atoms with E-state index in [1.165, 1.54) is 0 Å². The fourth-order valence-electron chi connectivity index (χ4n) is 3.86. The van der Waals surface area contributed by atoms with Crippen LogP contribution in [0.15, 0.2) is 18.3 Å². The normalized spacial score (nSPS) is 22.4. The zero-order valence-corrected chi connectivity index (χ0v) is 14.5. The first kappa shape index (κ1) is 16.1. The van der Waals surface area contributed by atoms with E-state index in [0.717, 1.165) is 67.6 Å². The number of carbonyl (C=O) groups is 1. The minimum Gasteiger partial charge on any atom is -0.489 e. The molecule has 2 heterocycles. The van der Waals surface area contributed by atoms with Gasteiger partial charge < -0.3 is 10.1 Å². The number of H-pyrrole nitrogens is 1. The summed E-state index contributed by atoms with van der Waals surface area (Å²) in [7, 11) is 0. The minimum atomic E-state index is -0.0353. The van der Waals surface area contributed by atoms with Gasteiger partial charge in [-0.1, -0.05) is 0 Å². The van der Waals surface area contributed by atoms with Crippen molar-refractivity contribution in [3.05, 3.63) is 41.0 Å². The second-order valence-electron chi connectivity index (χ2n) is 7.03. The molecule has 2 aliphatic rings. The maximum absolute atomic E-state index is 12.5. The number of hydrogen-bond donors (Lipinski definition) is 2. The highest BCUT2D eigenvalue weighted by atomic mass is 16.5. The van der Waals surface area contributed by atoms with Gasteiger partial charge in [0.1, 0.15) is 5.75 Å². The molecule has 4 rings (SSSR count). The van der Waals surface area contributed by atoms with Crippen LogP contribution in [-0.4, -0.2) is 33.2 Å². The Morgan fingerprint density at radius 3 is 2.92 bits per heavy atom. The number of nitrogens with one attached hydrogen (secondary N) is 2. The van der Waals surface area contributed by atoms with Crippen LogP contribution in [0.5, 0.6) is 5.75 Å². The average Bonchev–Trinajstić information content (AvgIpc) is 3.22. The Morgan fingerprint density at radius 1 is 1.28 bits per heavy atom. The van der Waals surface area contributed by atoms with Crippen LogP contribution in [0.3, 0.4) is 0 Å². The molecule has 0 unspecified atom stereocenters. The summed E-state index contributed by atoms with van der Waals surface area (Å²) in [5.74, 6) is 0.828.